The van der Waals surface area contributed by atoms with E-state index < -0.39 is 0 Å². The van der Waals surface area contributed by atoms with E-state index in [1.165, 1.54) is 44.5 Å². The predicted molar refractivity (Wildman–Crippen MR) is 99.9 cm³/mol. The van der Waals surface area contributed by atoms with Gasteiger partial charge in [0.2, 0.25) is 0 Å². The highest BCUT2D eigenvalue weighted by Gasteiger charge is 2.66. The third-order valence-electron chi connectivity index (χ3n) is 7.83. The predicted octanol–water partition coefficient (Wildman–Crippen LogP) is 2.61. The van der Waals surface area contributed by atoms with Gasteiger partial charge in [0.05, 0.1) is 25.0 Å². The van der Waals surface area contributed by atoms with Crippen molar-refractivity contribution in [1.29, 1.82) is 0 Å². The van der Waals surface area contributed by atoms with Crippen LogP contribution in [0.1, 0.15) is 46.5 Å². The number of hydrogen-bond acceptors (Lipinski definition) is 5. The summed E-state index contributed by atoms with van der Waals surface area (Å²) < 4.78 is 5.59. The molecular weight excluding hydrogens is 314 g/mol. The number of fused-ring (bicyclic) bond motifs is 2. The number of nitrogens with zero attached hydrogens (tertiary/aromatic N) is 3. The maximum absolute atomic E-state index is 5.90. The summed E-state index contributed by atoms with van der Waals surface area (Å²) in [5.74, 6) is 0.691. The van der Waals surface area contributed by atoms with Gasteiger partial charge < -0.3 is 9.57 Å². The van der Waals surface area contributed by atoms with Gasteiger partial charge in [-0.2, -0.15) is 0 Å². The number of oxime groups is 1. The third-order valence-corrected chi connectivity index (χ3v) is 7.83. The first kappa shape index (κ1) is 17.7. The van der Waals surface area contributed by atoms with Gasteiger partial charge in [-0.05, 0) is 50.1 Å². The highest BCUT2D eigenvalue weighted by molar-refractivity contribution is 5.98. The highest BCUT2D eigenvalue weighted by atomic mass is 16.6. The number of morpholine rings is 1. The van der Waals surface area contributed by atoms with Gasteiger partial charge in [0, 0.05) is 25.0 Å². The van der Waals surface area contributed by atoms with Crippen molar-refractivity contribution in [3.05, 3.63) is 0 Å². The lowest BCUT2D eigenvalue weighted by Crippen LogP contribution is -2.51. The summed E-state index contributed by atoms with van der Waals surface area (Å²) in [6, 6.07) is 0.449. The van der Waals surface area contributed by atoms with Crippen LogP contribution >= 0.6 is 0 Å². The number of hydrogen-bond donors (Lipinski definition) is 0. The Hall–Kier alpha value is -0.650. The van der Waals surface area contributed by atoms with Crippen molar-refractivity contribution in [2.75, 3.05) is 52.5 Å². The first-order chi connectivity index (χ1) is 12.0. The standard InChI is InChI=1S/C20H35N3O2/c1-19(2)16-6-7-20(19,3)18(17(16)23-11-13-24-14-12-23)21-25-15-10-22-8-4-5-9-22/h16-17H,4-15H2,1-3H3/b21-18+/t16?,17-,20?/m0/s1. The fourth-order valence-corrected chi connectivity index (χ4v) is 5.79. The molecule has 0 N–H and O–H groups in total. The molecule has 5 heteroatoms. The lowest BCUT2D eigenvalue weighted by molar-refractivity contribution is 0.0123. The number of rotatable bonds is 5. The molecule has 25 heavy (non-hydrogen) atoms. The van der Waals surface area contributed by atoms with Crippen LogP contribution < -0.4 is 0 Å². The van der Waals surface area contributed by atoms with E-state index in [0.717, 1.165) is 39.5 Å². The maximum Gasteiger partial charge on any atom is 0.129 e. The first-order valence-electron chi connectivity index (χ1n) is 10.3. The molecule has 2 saturated heterocycles. The fraction of sp³-hybridized carbons (Fsp3) is 0.950. The van der Waals surface area contributed by atoms with Crippen molar-refractivity contribution in [1.82, 2.24) is 9.80 Å². The van der Waals surface area contributed by atoms with Crippen molar-refractivity contribution in [3.8, 4) is 0 Å². The van der Waals surface area contributed by atoms with Gasteiger partial charge in [0.15, 0.2) is 0 Å². The summed E-state index contributed by atoms with van der Waals surface area (Å²) in [4.78, 5) is 11.0. The van der Waals surface area contributed by atoms with Crippen LogP contribution in [0.15, 0.2) is 5.16 Å². The van der Waals surface area contributed by atoms with Crippen molar-refractivity contribution >= 4 is 5.71 Å². The molecule has 2 aliphatic carbocycles. The molecule has 2 aliphatic heterocycles. The smallest absolute Gasteiger partial charge is 0.129 e. The molecule has 4 aliphatic rings. The van der Waals surface area contributed by atoms with Gasteiger partial charge in [0.1, 0.15) is 6.61 Å². The summed E-state index contributed by atoms with van der Waals surface area (Å²) in [6.45, 7) is 15.3. The number of likely N-dealkylation sites (tertiary alicyclic amines) is 1. The second-order valence-electron chi connectivity index (χ2n) is 9.15. The molecule has 3 atom stereocenters. The van der Waals surface area contributed by atoms with Crippen molar-refractivity contribution < 1.29 is 9.57 Å². The normalized spacial score (nSPS) is 40.2. The molecule has 0 aromatic carbocycles. The van der Waals surface area contributed by atoms with E-state index in [4.69, 9.17) is 14.7 Å². The van der Waals surface area contributed by atoms with Crippen LogP contribution in [0.5, 0.6) is 0 Å². The summed E-state index contributed by atoms with van der Waals surface area (Å²) in [7, 11) is 0. The Bertz CT molecular complexity index is 509. The Balaban J connectivity index is 1.48. The van der Waals surface area contributed by atoms with Crippen LogP contribution in [0.4, 0.5) is 0 Å². The zero-order valence-electron chi connectivity index (χ0n) is 16.3. The van der Waals surface area contributed by atoms with Crippen LogP contribution in [0.3, 0.4) is 0 Å². The van der Waals surface area contributed by atoms with Crippen LogP contribution in [0.2, 0.25) is 0 Å². The molecule has 2 saturated carbocycles. The summed E-state index contributed by atoms with van der Waals surface area (Å²) in [5.41, 5.74) is 1.79. The molecule has 0 aromatic rings. The minimum atomic E-state index is 0.175. The Morgan fingerprint density at radius 2 is 1.84 bits per heavy atom. The maximum atomic E-state index is 5.90. The molecule has 0 radical (unpaired) electrons. The van der Waals surface area contributed by atoms with Gasteiger partial charge in [-0.25, -0.2) is 0 Å². The van der Waals surface area contributed by atoms with E-state index in [2.05, 4.69) is 30.6 Å². The Kier molecular flexibility index (Phi) is 4.84. The molecule has 2 unspecified atom stereocenters. The first-order valence-corrected chi connectivity index (χ1v) is 10.3. The third kappa shape index (κ3) is 2.92. The summed E-state index contributed by atoms with van der Waals surface area (Å²) >= 11 is 0. The van der Waals surface area contributed by atoms with E-state index in [0.29, 0.717) is 17.4 Å². The monoisotopic (exact) mass is 349 g/mol. The van der Waals surface area contributed by atoms with Gasteiger partial charge in [-0.1, -0.05) is 25.9 Å². The van der Waals surface area contributed by atoms with Crippen molar-refractivity contribution in [2.45, 2.75) is 52.5 Å². The van der Waals surface area contributed by atoms with E-state index in [1.807, 2.05) is 0 Å². The van der Waals surface area contributed by atoms with Crippen LogP contribution in [-0.4, -0.2) is 74.1 Å². The second kappa shape index (κ2) is 6.82. The summed E-state index contributed by atoms with van der Waals surface area (Å²) in [6.07, 6.45) is 5.24. The lowest BCUT2D eigenvalue weighted by Gasteiger charge is -2.38. The quantitative estimate of drug-likeness (QED) is 0.565. The highest BCUT2D eigenvalue weighted by Crippen LogP contribution is 2.65. The fourth-order valence-electron chi connectivity index (χ4n) is 5.79. The molecule has 4 rings (SSSR count). The van der Waals surface area contributed by atoms with Gasteiger partial charge in [-0.3, -0.25) is 9.80 Å². The van der Waals surface area contributed by atoms with Gasteiger partial charge in [0.25, 0.3) is 0 Å². The van der Waals surface area contributed by atoms with E-state index >= 15 is 0 Å². The van der Waals surface area contributed by atoms with Gasteiger partial charge in [-0.15, -0.1) is 0 Å². The van der Waals surface area contributed by atoms with Crippen molar-refractivity contribution in [3.63, 3.8) is 0 Å². The average molecular weight is 350 g/mol. The van der Waals surface area contributed by atoms with Crippen LogP contribution in [-0.2, 0) is 9.57 Å². The molecule has 142 valence electrons. The molecule has 0 spiro atoms. The molecule has 4 fully saturated rings. The molecule has 5 nitrogen and oxygen atoms in total. The molecular formula is C20H35N3O2. The van der Waals surface area contributed by atoms with Gasteiger partial charge >= 0.3 is 0 Å². The van der Waals surface area contributed by atoms with E-state index in [9.17, 15) is 0 Å². The molecule has 2 heterocycles. The van der Waals surface area contributed by atoms with Crippen LogP contribution in [0.25, 0.3) is 0 Å². The number of ether oxygens (including phenoxy) is 1. The second-order valence-corrected chi connectivity index (χ2v) is 9.15. The Labute approximate surface area is 152 Å². The minimum Gasteiger partial charge on any atom is -0.394 e. The van der Waals surface area contributed by atoms with Crippen LogP contribution in [0, 0.1) is 16.7 Å². The minimum absolute atomic E-state index is 0.175. The molecule has 0 aromatic heterocycles. The molecule has 0 amide bonds. The van der Waals surface area contributed by atoms with E-state index in [-0.39, 0.29) is 5.41 Å². The topological polar surface area (TPSA) is 37.3 Å². The Morgan fingerprint density at radius 1 is 1.12 bits per heavy atom. The largest absolute Gasteiger partial charge is 0.394 e. The zero-order chi connectivity index (χ0) is 17.5. The van der Waals surface area contributed by atoms with Crippen molar-refractivity contribution in [2.24, 2.45) is 21.9 Å². The molecule has 2 bridgehead atoms. The zero-order valence-corrected chi connectivity index (χ0v) is 16.3. The van der Waals surface area contributed by atoms with E-state index in [1.54, 1.807) is 0 Å². The Morgan fingerprint density at radius 3 is 2.56 bits per heavy atom. The SMILES string of the molecule is CC12CCC([C@H](N3CCOCC3)/C1=N\OCCN1CCCC1)C2(C)C. The lowest BCUT2D eigenvalue weighted by atomic mass is 9.70. The summed E-state index contributed by atoms with van der Waals surface area (Å²) in [5, 5.41) is 4.80. The average Bonchev–Trinajstić information content (AvgIpc) is 3.24.